The summed E-state index contributed by atoms with van der Waals surface area (Å²) in [6.07, 6.45) is 2.52. The summed E-state index contributed by atoms with van der Waals surface area (Å²) in [6, 6.07) is 5.63. The summed E-state index contributed by atoms with van der Waals surface area (Å²) in [7, 11) is 0. The number of amides is 1. The van der Waals surface area contributed by atoms with E-state index in [0.29, 0.717) is 6.42 Å². The van der Waals surface area contributed by atoms with Crippen LogP contribution >= 0.6 is 27.7 Å². The molecule has 0 radical (unpaired) electrons. The van der Waals surface area contributed by atoms with Crippen LogP contribution < -0.4 is 5.32 Å². The Morgan fingerprint density at radius 2 is 2.41 bits per heavy atom. The van der Waals surface area contributed by atoms with Crippen LogP contribution in [0.2, 0.25) is 0 Å². The number of H-pyrrole nitrogens is 1. The van der Waals surface area contributed by atoms with Crippen LogP contribution in [0.4, 0.5) is 5.69 Å². The fourth-order valence-electron chi connectivity index (χ4n) is 1.47. The van der Waals surface area contributed by atoms with Gasteiger partial charge in [0, 0.05) is 23.2 Å². The van der Waals surface area contributed by atoms with Crippen LogP contribution in [0, 0.1) is 0 Å². The molecule has 4 nitrogen and oxygen atoms in total. The quantitative estimate of drug-likeness (QED) is 0.912. The number of rotatable bonds is 4. The highest BCUT2D eigenvalue weighted by molar-refractivity contribution is 9.10. The average molecular weight is 314 g/mol. The van der Waals surface area contributed by atoms with E-state index in [0.717, 1.165) is 26.9 Å². The first kappa shape index (κ1) is 12.4. The van der Waals surface area contributed by atoms with Gasteiger partial charge in [0.15, 0.2) is 0 Å². The second-order valence-corrected chi connectivity index (χ2v) is 5.34. The molecule has 90 valence electrons. The van der Waals surface area contributed by atoms with Crippen molar-refractivity contribution in [1.82, 2.24) is 10.2 Å². The number of carbonyl (C=O) groups excluding carboxylic acids is 1. The third kappa shape index (κ3) is 3.01. The topological polar surface area (TPSA) is 57.8 Å². The fraction of sp³-hybridized carbons (Fsp3) is 0.273. The van der Waals surface area contributed by atoms with Gasteiger partial charge in [-0.25, -0.2) is 0 Å². The zero-order valence-corrected chi connectivity index (χ0v) is 11.7. The standard InChI is InChI=1S/C11H12BrN3OS/c1-17-5-4-10(16)13-7-2-3-9-8(6-7)11(12)15-14-9/h2-3,6H,4-5H2,1H3,(H,13,16)(H,14,15). The monoisotopic (exact) mass is 313 g/mol. The molecule has 2 rings (SSSR count). The average Bonchev–Trinajstić information content (AvgIpc) is 2.68. The number of fused-ring (bicyclic) bond motifs is 1. The predicted octanol–water partition coefficient (Wildman–Crippen LogP) is 3.02. The molecule has 0 bridgehead atoms. The number of thioether (sulfide) groups is 1. The maximum absolute atomic E-state index is 11.6. The largest absolute Gasteiger partial charge is 0.326 e. The molecule has 0 aliphatic rings. The minimum absolute atomic E-state index is 0.0401. The zero-order chi connectivity index (χ0) is 12.3. The van der Waals surface area contributed by atoms with Crippen molar-refractivity contribution >= 4 is 50.2 Å². The summed E-state index contributed by atoms with van der Waals surface area (Å²) in [4.78, 5) is 11.6. The molecule has 0 saturated heterocycles. The highest BCUT2D eigenvalue weighted by atomic mass is 79.9. The van der Waals surface area contributed by atoms with E-state index in [4.69, 9.17) is 0 Å². The number of anilines is 1. The number of carbonyl (C=O) groups is 1. The number of nitrogens with one attached hydrogen (secondary N) is 2. The molecule has 1 aromatic carbocycles. The van der Waals surface area contributed by atoms with Gasteiger partial charge >= 0.3 is 0 Å². The minimum atomic E-state index is 0.0401. The number of hydrogen-bond acceptors (Lipinski definition) is 3. The highest BCUT2D eigenvalue weighted by Gasteiger charge is 2.06. The summed E-state index contributed by atoms with van der Waals surface area (Å²) in [5, 5.41) is 10.8. The van der Waals surface area contributed by atoms with Crippen molar-refractivity contribution in [1.29, 1.82) is 0 Å². The van der Waals surface area contributed by atoms with Gasteiger partial charge in [-0.15, -0.1) is 0 Å². The second kappa shape index (κ2) is 5.55. The van der Waals surface area contributed by atoms with Gasteiger partial charge in [-0.1, -0.05) is 0 Å². The Kier molecular flexibility index (Phi) is 4.06. The van der Waals surface area contributed by atoms with Gasteiger partial charge < -0.3 is 5.32 Å². The number of aromatic nitrogens is 2. The van der Waals surface area contributed by atoms with Crippen molar-refractivity contribution in [2.24, 2.45) is 0 Å². The first-order valence-corrected chi connectivity index (χ1v) is 7.32. The lowest BCUT2D eigenvalue weighted by Crippen LogP contribution is -2.11. The molecule has 1 heterocycles. The molecule has 0 aliphatic heterocycles. The molecule has 2 aromatic rings. The van der Waals surface area contributed by atoms with E-state index < -0.39 is 0 Å². The molecular weight excluding hydrogens is 302 g/mol. The van der Waals surface area contributed by atoms with Gasteiger partial charge in [0.2, 0.25) is 5.91 Å². The molecule has 1 aromatic heterocycles. The number of nitrogens with zero attached hydrogens (tertiary/aromatic N) is 1. The summed E-state index contributed by atoms with van der Waals surface area (Å²) in [5.41, 5.74) is 1.67. The maximum Gasteiger partial charge on any atom is 0.225 e. The van der Waals surface area contributed by atoms with Gasteiger partial charge in [0.1, 0.15) is 4.60 Å². The Hall–Kier alpha value is -1.01. The first-order valence-electron chi connectivity index (χ1n) is 5.13. The molecule has 0 unspecified atom stereocenters. The van der Waals surface area contributed by atoms with E-state index in [2.05, 4.69) is 31.4 Å². The Bertz CT molecular complexity index is 540. The second-order valence-electron chi connectivity index (χ2n) is 3.56. The van der Waals surface area contributed by atoms with Crippen molar-refractivity contribution in [3.8, 4) is 0 Å². The smallest absolute Gasteiger partial charge is 0.225 e. The Labute approximate surface area is 112 Å². The molecule has 0 aliphatic carbocycles. The van der Waals surface area contributed by atoms with E-state index in [1.807, 2.05) is 24.5 Å². The van der Waals surface area contributed by atoms with Crippen LogP contribution in [0.3, 0.4) is 0 Å². The van der Waals surface area contributed by atoms with Gasteiger partial charge in [0.05, 0.1) is 5.52 Å². The summed E-state index contributed by atoms with van der Waals surface area (Å²) < 4.78 is 0.827. The lowest BCUT2D eigenvalue weighted by molar-refractivity contribution is -0.115. The van der Waals surface area contributed by atoms with E-state index in [1.54, 1.807) is 11.8 Å². The van der Waals surface area contributed by atoms with Gasteiger partial charge in [-0.05, 0) is 40.4 Å². The zero-order valence-electron chi connectivity index (χ0n) is 9.29. The van der Waals surface area contributed by atoms with Crippen LogP contribution in [-0.4, -0.2) is 28.1 Å². The van der Waals surface area contributed by atoms with Crippen molar-refractivity contribution < 1.29 is 4.79 Å². The number of halogens is 1. The molecule has 0 fully saturated rings. The molecule has 0 atom stereocenters. The maximum atomic E-state index is 11.6. The Morgan fingerprint density at radius 3 is 3.18 bits per heavy atom. The van der Waals surface area contributed by atoms with Crippen LogP contribution in [-0.2, 0) is 4.79 Å². The van der Waals surface area contributed by atoms with Crippen molar-refractivity contribution in [2.75, 3.05) is 17.3 Å². The number of benzene rings is 1. The fourth-order valence-corrected chi connectivity index (χ4v) is 2.27. The molecule has 0 saturated carbocycles. The SMILES string of the molecule is CSCCC(=O)Nc1ccc2n[nH]c(Br)c2c1. The first-order chi connectivity index (χ1) is 8.20. The Balaban J connectivity index is 2.13. The minimum Gasteiger partial charge on any atom is -0.326 e. The normalized spacial score (nSPS) is 10.7. The van der Waals surface area contributed by atoms with Crippen LogP contribution in [0.15, 0.2) is 22.8 Å². The van der Waals surface area contributed by atoms with E-state index in [9.17, 15) is 4.79 Å². The van der Waals surface area contributed by atoms with Crippen molar-refractivity contribution in [3.63, 3.8) is 0 Å². The molecule has 17 heavy (non-hydrogen) atoms. The molecule has 2 N–H and O–H groups in total. The molecule has 1 amide bonds. The van der Waals surface area contributed by atoms with Crippen molar-refractivity contribution in [3.05, 3.63) is 22.8 Å². The molecule has 6 heteroatoms. The predicted molar refractivity (Wildman–Crippen MR) is 75.4 cm³/mol. The van der Waals surface area contributed by atoms with Gasteiger partial charge in [-0.2, -0.15) is 16.9 Å². The van der Waals surface area contributed by atoms with Gasteiger partial charge in [0.25, 0.3) is 0 Å². The van der Waals surface area contributed by atoms with Crippen LogP contribution in [0.1, 0.15) is 6.42 Å². The van der Waals surface area contributed by atoms with E-state index >= 15 is 0 Å². The van der Waals surface area contributed by atoms with E-state index in [-0.39, 0.29) is 5.91 Å². The highest BCUT2D eigenvalue weighted by Crippen LogP contribution is 2.24. The summed E-state index contributed by atoms with van der Waals surface area (Å²) in [6.45, 7) is 0. The molecular formula is C11H12BrN3OS. The summed E-state index contributed by atoms with van der Waals surface area (Å²) in [5.74, 6) is 0.877. The van der Waals surface area contributed by atoms with Gasteiger partial charge in [-0.3, -0.25) is 9.89 Å². The lowest BCUT2D eigenvalue weighted by Gasteiger charge is -2.04. The van der Waals surface area contributed by atoms with E-state index in [1.165, 1.54) is 0 Å². The van der Waals surface area contributed by atoms with Crippen molar-refractivity contribution in [2.45, 2.75) is 6.42 Å². The third-order valence-corrected chi connectivity index (χ3v) is 3.54. The number of aromatic amines is 1. The third-order valence-electron chi connectivity index (χ3n) is 2.32. The van der Waals surface area contributed by atoms with Crippen LogP contribution in [0.5, 0.6) is 0 Å². The summed E-state index contributed by atoms with van der Waals surface area (Å²) >= 11 is 5.04. The Morgan fingerprint density at radius 1 is 1.59 bits per heavy atom. The lowest BCUT2D eigenvalue weighted by atomic mass is 10.2. The van der Waals surface area contributed by atoms with Crippen LogP contribution in [0.25, 0.3) is 10.9 Å². The number of hydrogen-bond donors (Lipinski definition) is 2. The molecule has 0 spiro atoms.